The van der Waals surface area contributed by atoms with E-state index in [4.69, 9.17) is 25.8 Å². The fraction of sp³-hybridized carbons (Fsp3) is 0.333. The van der Waals surface area contributed by atoms with Crippen LogP contribution in [0.2, 0.25) is 5.02 Å². The normalized spacial score (nSPS) is 14.2. The van der Waals surface area contributed by atoms with Crippen molar-refractivity contribution >= 4 is 22.5 Å². The number of methoxy groups -OCH3 is 1. The molecule has 1 aliphatic heterocycles. The Labute approximate surface area is 218 Å². The van der Waals surface area contributed by atoms with E-state index in [1.807, 2.05) is 24.3 Å². The van der Waals surface area contributed by atoms with Gasteiger partial charge in [0.15, 0.2) is 0 Å². The van der Waals surface area contributed by atoms with Crippen molar-refractivity contribution in [2.45, 2.75) is 19.7 Å². The number of aromatic nitrogens is 3. The van der Waals surface area contributed by atoms with Gasteiger partial charge in [0.2, 0.25) is 0 Å². The summed E-state index contributed by atoms with van der Waals surface area (Å²) in [7, 11) is 1.60. The van der Waals surface area contributed by atoms with Gasteiger partial charge in [-0.15, -0.1) is 0 Å². The molecule has 1 fully saturated rings. The third-order valence-electron chi connectivity index (χ3n) is 6.54. The third-order valence-corrected chi connectivity index (χ3v) is 6.79. The summed E-state index contributed by atoms with van der Waals surface area (Å²) in [5.74, 6) is 1.28. The van der Waals surface area contributed by atoms with Crippen molar-refractivity contribution in [1.29, 1.82) is 0 Å². The Balaban J connectivity index is 1.53. The molecule has 37 heavy (non-hydrogen) atoms. The fourth-order valence-corrected chi connectivity index (χ4v) is 4.66. The molecular weight excluding hydrogens is 496 g/mol. The highest BCUT2D eigenvalue weighted by atomic mass is 35.5. The number of hydrogen-bond acceptors (Lipinski definition) is 6. The molecule has 0 saturated carbocycles. The fourth-order valence-electron chi connectivity index (χ4n) is 4.54. The highest BCUT2D eigenvalue weighted by molar-refractivity contribution is 6.30. The lowest BCUT2D eigenvalue weighted by atomic mass is 10.1. The molecule has 3 heterocycles. The van der Waals surface area contributed by atoms with E-state index in [0.29, 0.717) is 59.4 Å². The standard InChI is InChI=1S/C27H29ClN4O5/c1-35-22-4-2-3-19(15-22)17-31-24(18-37-21-7-5-20(28)6-8-21)26-23(16-25(31)33)29-32(27(26)34)10-9-30-11-13-36-14-12-30/h2-8,15-16,29H,9-14,17-18H2,1H3. The maximum Gasteiger partial charge on any atom is 0.276 e. The van der Waals surface area contributed by atoms with Crippen molar-refractivity contribution in [3.8, 4) is 11.5 Å². The molecule has 0 spiro atoms. The molecule has 0 amide bonds. The summed E-state index contributed by atoms with van der Waals surface area (Å²) in [6.45, 7) is 4.55. The van der Waals surface area contributed by atoms with E-state index in [0.717, 1.165) is 18.7 Å². The molecule has 0 radical (unpaired) electrons. The topological polar surface area (TPSA) is 90.7 Å². The largest absolute Gasteiger partial charge is 0.497 e. The zero-order valence-electron chi connectivity index (χ0n) is 20.6. The van der Waals surface area contributed by atoms with E-state index in [1.54, 1.807) is 40.6 Å². The van der Waals surface area contributed by atoms with Gasteiger partial charge in [-0.25, -0.2) is 0 Å². The zero-order valence-corrected chi connectivity index (χ0v) is 21.4. The molecular formula is C27H29ClN4O5. The van der Waals surface area contributed by atoms with Gasteiger partial charge in [-0.05, 0) is 42.0 Å². The number of aromatic amines is 1. The van der Waals surface area contributed by atoms with E-state index < -0.39 is 0 Å². The molecule has 1 saturated heterocycles. The van der Waals surface area contributed by atoms with Crippen LogP contribution in [0.4, 0.5) is 0 Å². The van der Waals surface area contributed by atoms with E-state index >= 15 is 0 Å². The molecule has 10 heteroatoms. The van der Waals surface area contributed by atoms with Crippen LogP contribution >= 0.6 is 11.6 Å². The third kappa shape index (κ3) is 5.74. The first-order chi connectivity index (χ1) is 18.0. The lowest BCUT2D eigenvalue weighted by Gasteiger charge is -2.26. The Morgan fingerprint density at radius 3 is 2.54 bits per heavy atom. The lowest BCUT2D eigenvalue weighted by Crippen LogP contribution is -2.39. The minimum atomic E-state index is -0.230. The average molecular weight is 525 g/mol. The summed E-state index contributed by atoms with van der Waals surface area (Å²) in [6.07, 6.45) is 0. The SMILES string of the molecule is COc1cccc(Cn2c(COc3ccc(Cl)cc3)c3c(=O)n(CCN4CCOCC4)[nH]c3cc2=O)c1. The summed E-state index contributed by atoms with van der Waals surface area (Å²) in [4.78, 5) is 29.1. The minimum absolute atomic E-state index is 0.0364. The smallest absolute Gasteiger partial charge is 0.276 e. The zero-order chi connectivity index (χ0) is 25.8. The predicted molar refractivity (Wildman–Crippen MR) is 142 cm³/mol. The van der Waals surface area contributed by atoms with Crippen LogP contribution in [0, 0.1) is 0 Å². The lowest BCUT2D eigenvalue weighted by molar-refractivity contribution is 0.0359. The van der Waals surface area contributed by atoms with Crippen molar-refractivity contribution in [2.24, 2.45) is 0 Å². The molecule has 2 aromatic carbocycles. The first kappa shape index (κ1) is 25.1. The number of fused-ring (bicyclic) bond motifs is 1. The number of nitrogens with one attached hydrogen (secondary N) is 1. The van der Waals surface area contributed by atoms with Gasteiger partial charge in [-0.2, -0.15) is 0 Å². The van der Waals surface area contributed by atoms with Crippen LogP contribution in [0.25, 0.3) is 10.9 Å². The quantitative estimate of drug-likeness (QED) is 0.362. The van der Waals surface area contributed by atoms with E-state index in [2.05, 4.69) is 10.00 Å². The molecule has 0 bridgehead atoms. The van der Waals surface area contributed by atoms with Gasteiger partial charge in [0.1, 0.15) is 18.1 Å². The van der Waals surface area contributed by atoms with E-state index in [-0.39, 0.29) is 24.3 Å². The molecule has 0 atom stereocenters. The molecule has 0 aliphatic carbocycles. The van der Waals surface area contributed by atoms with Crippen molar-refractivity contribution in [3.05, 3.63) is 91.6 Å². The summed E-state index contributed by atoms with van der Waals surface area (Å²) < 4.78 is 19.9. The van der Waals surface area contributed by atoms with Gasteiger partial charge < -0.3 is 18.8 Å². The summed E-state index contributed by atoms with van der Waals surface area (Å²) in [5.41, 5.74) is 1.46. The second-order valence-electron chi connectivity index (χ2n) is 8.92. The number of morpholine rings is 1. The number of halogens is 1. The van der Waals surface area contributed by atoms with Gasteiger partial charge in [-0.1, -0.05) is 23.7 Å². The maximum atomic E-state index is 13.6. The van der Waals surface area contributed by atoms with Gasteiger partial charge in [-0.3, -0.25) is 24.3 Å². The van der Waals surface area contributed by atoms with Crippen LogP contribution in [0.1, 0.15) is 11.3 Å². The number of nitrogens with zero attached hydrogens (tertiary/aromatic N) is 3. The summed E-state index contributed by atoms with van der Waals surface area (Å²) in [5, 5.41) is 4.18. The Morgan fingerprint density at radius 2 is 1.78 bits per heavy atom. The number of pyridine rings is 1. The van der Waals surface area contributed by atoms with Crippen LogP contribution < -0.4 is 20.6 Å². The Morgan fingerprint density at radius 1 is 1.00 bits per heavy atom. The van der Waals surface area contributed by atoms with Gasteiger partial charge in [0.25, 0.3) is 11.1 Å². The number of H-pyrrole nitrogens is 1. The molecule has 1 N–H and O–H groups in total. The van der Waals surface area contributed by atoms with Crippen LogP contribution in [0.15, 0.2) is 64.2 Å². The maximum absolute atomic E-state index is 13.6. The van der Waals surface area contributed by atoms with Crippen molar-refractivity contribution in [3.63, 3.8) is 0 Å². The highest BCUT2D eigenvalue weighted by Gasteiger charge is 2.19. The number of ether oxygens (including phenoxy) is 3. The van der Waals surface area contributed by atoms with Crippen molar-refractivity contribution in [1.82, 2.24) is 19.2 Å². The van der Waals surface area contributed by atoms with Crippen LogP contribution in [0.5, 0.6) is 11.5 Å². The van der Waals surface area contributed by atoms with Crippen LogP contribution in [0.3, 0.4) is 0 Å². The monoisotopic (exact) mass is 524 g/mol. The van der Waals surface area contributed by atoms with E-state index in [1.165, 1.54) is 6.07 Å². The minimum Gasteiger partial charge on any atom is -0.497 e. The Kier molecular flexibility index (Phi) is 7.64. The second kappa shape index (κ2) is 11.2. The van der Waals surface area contributed by atoms with Crippen molar-refractivity contribution in [2.75, 3.05) is 40.0 Å². The number of rotatable bonds is 9. The molecule has 5 rings (SSSR count). The molecule has 9 nitrogen and oxygen atoms in total. The summed E-state index contributed by atoms with van der Waals surface area (Å²) in [6, 6.07) is 16.0. The van der Waals surface area contributed by atoms with Gasteiger partial charge in [0.05, 0.1) is 50.0 Å². The predicted octanol–water partition coefficient (Wildman–Crippen LogP) is 3.11. The highest BCUT2D eigenvalue weighted by Crippen LogP contribution is 2.20. The molecule has 0 unspecified atom stereocenters. The van der Waals surface area contributed by atoms with Crippen LogP contribution in [-0.2, 0) is 24.4 Å². The van der Waals surface area contributed by atoms with Gasteiger partial charge >= 0.3 is 0 Å². The van der Waals surface area contributed by atoms with E-state index in [9.17, 15) is 9.59 Å². The average Bonchev–Trinajstić information content (AvgIpc) is 3.23. The second-order valence-corrected chi connectivity index (χ2v) is 9.36. The molecule has 2 aromatic heterocycles. The Bertz CT molecular complexity index is 1490. The summed E-state index contributed by atoms with van der Waals surface area (Å²) >= 11 is 6.01. The van der Waals surface area contributed by atoms with Crippen molar-refractivity contribution < 1.29 is 14.2 Å². The first-order valence-electron chi connectivity index (χ1n) is 12.2. The Hall–Kier alpha value is -3.53. The molecule has 194 valence electrons. The number of hydrogen-bond donors (Lipinski definition) is 1. The molecule has 4 aromatic rings. The first-order valence-corrected chi connectivity index (χ1v) is 12.6. The number of benzene rings is 2. The van der Waals surface area contributed by atoms with Crippen LogP contribution in [-0.4, -0.2) is 59.2 Å². The van der Waals surface area contributed by atoms with Gasteiger partial charge in [0, 0.05) is 30.7 Å². The molecule has 1 aliphatic rings.